The van der Waals surface area contributed by atoms with Gasteiger partial charge in [-0.2, -0.15) is 0 Å². The lowest BCUT2D eigenvalue weighted by molar-refractivity contribution is -0.147. The smallest absolute Gasteiger partial charge is 0.337 e. The molecule has 0 amide bonds. The Kier molecular flexibility index (Phi) is 8.90. The summed E-state index contributed by atoms with van der Waals surface area (Å²) in [7, 11) is 1.20. The number of carbonyl (C=O) groups is 2. The summed E-state index contributed by atoms with van der Waals surface area (Å²) in [5.74, 6) is -2.36. The van der Waals surface area contributed by atoms with Crippen LogP contribution in [0.4, 0.5) is 4.39 Å². The molecule has 6 nitrogen and oxygen atoms in total. The zero-order chi connectivity index (χ0) is 26.5. The van der Waals surface area contributed by atoms with E-state index < -0.39 is 24.5 Å². The average molecular weight is 547 g/mol. The van der Waals surface area contributed by atoms with Crippen molar-refractivity contribution in [2.45, 2.75) is 38.3 Å². The van der Waals surface area contributed by atoms with Gasteiger partial charge in [0, 0.05) is 25.3 Å². The number of benzene rings is 2. The molecule has 2 aliphatic heterocycles. The van der Waals surface area contributed by atoms with Gasteiger partial charge in [-0.25, -0.2) is 14.0 Å². The van der Waals surface area contributed by atoms with E-state index in [1.54, 1.807) is 25.1 Å². The van der Waals surface area contributed by atoms with E-state index in [1.165, 1.54) is 12.7 Å². The number of dihydropyridines is 1. The summed E-state index contributed by atoms with van der Waals surface area (Å²) in [6.45, 7) is 3.09. The number of allylic oxidation sites excluding steroid dienone is 2. The van der Waals surface area contributed by atoms with Crippen molar-refractivity contribution in [3.63, 3.8) is 0 Å². The van der Waals surface area contributed by atoms with Gasteiger partial charge in [0.15, 0.2) is 0 Å². The average Bonchev–Trinajstić information content (AvgIpc) is 2.90. The van der Waals surface area contributed by atoms with Crippen molar-refractivity contribution in [2.24, 2.45) is 0 Å². The predicted molar refractivity (Wildman–Crippen MR) is 141 cm³/mol. The highest BCUT2D eigenvalue weighted by atomic mass is 35.5. The van der Waals surface area contributed by atoms with E-state index in [-0.39, 0.29) is 33.0 Å². The SMILES string of the molecule is COC(=O)C1=C(CF)NC(C)=C(C(=O)OC2CCN(Cc3ccccc3)CC2)C1c1cccc(Cl)c1Cl. The van der Waals surface area contributed by atoms with Crippen LogP contribution in [0.5, 0.6) is 0 Å². The molecule has 9 heteroatoms. The van der Waals surface area contributed by atoms with Gasteiger partial charge in [-0.3, -0.25) is 4.90 Å². The first-order valence-electron chi connectivity index (χ1n) is 12.1. The van der Waals surface area contributed by atoms with Crippen molar-refractivity contribution in [2.75, 3.05) is 26.9 Å². The molecule has 2 aromatic rings. The highest BCUT2D eigenvalue weighted by Crippen LogP contribution is 2.43. The number of alkyl halides is 1. The molecule has 1 atom stereocenters. The number of halogens is 3. The number of methoxy groups -OCH3 is 1. The van der Waals surface area contributed by atoms with Crippen LogP contribution in [0.1, 0.15) is 36.8 Å². The molecule has 4 rings (SSSR count). The number of likely N-dealkylation sites (tertiary alicyclic amines) is 1. The second-order valence-electron chi connectivity index (χ2n) is 9.12. The molecular weight excluding hydrogens is 518 g/mol. The summed E-state index contributed by atoms with van der Waals surface area (Å²) in [6, 6.07) is 15.1. The zero-order valence-electron chi connectivity index (χ0n) is 20.7. The molecule has 2 aliphatic rings. The molecule has 0 bridgehead atoms. The molecule has 0 aromatic heterocycles. The molecule has 0 radical (unpaired) electrons. The van der Waals surface area contributed by atoms with Gasteiger partial charge < -0.3 is 14.8 Å². The van der Waals surface area contributed by atoms with E-state index >= 15 is 0 Å². The van der Waals surface area contributed by atoms with Gasteiger partial charge in [0.2, 0.25) is 0 Å². The Morgan fingerprint density at radius 3 is 2.38 bits per heavy atom. The van der Waals surface area contributed by atoms with Crippen molar-refractivity contribution in [3.8, 4) is 0 Å². The quantitative estimate of drug-likeness (QED) is 0.458. The first kappa shape index (κ1) is 27.2. The molecule has 0 spiro atoms. The van der Waals surface area contributed by atoms with Gasteiger partial charge in [-0.05, 0) is 37.0 Å². The van der Waals surface area contributed by atoms with E-state index in [9.17, 15) is 14.0 Å². The summed E-state index contributed by atoms with van der Waals surface area (Å²) in [5.41, 5.74) is 2.16. The van der Waals surface area contributed by atoms with Crippen LogP contribution >= 0.6 is 23.2 Å². The Hall–Kier alpha value is -2.87. The number of esters is 2. The molecule has 1 N–H and O–H groups in total. The monoisotopic (exact) mass is 546 g/mol. The molecule has 0 saturated carbocycles. The summed E-state index contributed by atoms with van der Waals surface area (Å²) in [6.07, 6.45) is 1.07. The Morgan fingerprint density at radius 1 is 1.03 bits per heavy atom. The maximum atomic E-state index is 14.0. The van der Waals surface area contributed by atoms with Crippen LogP contribution in [0.2, 0.25) is 10.0 Å². The number of piperidine rings is 1. The van der Waals surface area contributed by atoms with Crippen molar-refractivity contribution in [3.05, 3.63) is 92.2 Å². The summed E-state index contributed by atoms with van der Waals surface area (Å²) in [4.78, 5) is 28.8. The van der Waals surface area contributed by atoms with Crippen LogP contribution in [-0.4, -0.2) is 49.8 Å². The number of rotatable bonds is 7. The number of hydrogen-bond donors (Lipinski definition) is 1. The third-order valence-electron chi connectivity index (χ3n) is 6.75. The first-order chi connectivity index (χ1) is 17.8. The second kappa shape index (κ2) is 12.1. The number of carbonyl (C=O) groups excluding carboxylic acids is 2. The minimum absolute atomic E-state index is 0.0103. The van der Waals surface area contributed by atoms with Gasteiger partial charge in [-0.1, -0.05) is 65.7 Å². The van der Waals surface area contributed by atoms with Crippen molar-refractivity contribution < 1.29 is 23.5 Å². The maximum absolute atomic E-state index is 14.0. The van der Waals surface area contributed by atoms with Crippen molar-refractivity contribution >= 4 is 35.1 Å². The molecule has 0 aliphatic carbocycles. The molecule has 1 saturated heterocycles. The highest BCUT2D eigenvalue weighted by Gasteiger charge is 2.40. The number of ether oxygens (including phenoxy) is 2. The zero-order valence-corrected chi connectivity index (χ0v) is 22.2. The lowest BCUT2D eigenvalue weighted by Gasteiger charge is -2.34. The Morgan fingerprint density at radius 2 is 1.73 bits per heavy atom. The molecule has 1 fully saturated rings. The van der Waals surface area contributed by atoms with Crippen LogP contribution in [-0.2, 0) is 25.6 Å². The predicted octanol–water partition coefficient (Wildman–Crippen LogP) is 5.56. The molecular formula is C28H29Cl2FN2O4. The van der Waals surface area contributed by atoms with Crippen LogP contribution in [0.3, 0.4) is 0 Å². The van der Waals surface area contributed by atoms with E-state index in [2.05, 4.69) is 22.3 Å². The largest absolute Gasteiger partial charge is 0.466 e. The second-order valence-corrected chi connectivity index (χ2v) is 9.91. The van der Waals surface area contributed by atoms with E-state index in [4.69, 9.17) is 32.7 Å². The topological polar surface area (TPSA) is 67.9 Å². The van der Waals surface area contributed by atoms with Gasteiger partial charge >= 0.3 is 11.9 Å². The van der Waals surface area contributed by atoms with Gasteiger partial charge in [0.25, 0.3) is 0 Å². The van der Waals surface area contributed by atoms with E-state index in [1.807, 2.05) is 18.2 Å². The number of nitrogens with zero attached hydrogens (tertiary/aromatic N) is 1. The summed E-state index contributed by atoms with van der Waals surface area (Å²) >= 11 is 12.8. The third kappa shape index (κ3) is 6.00. The number of hydrogen-bond acceptors (Lipinski definition) is 6. The molecule has 37 heavy (non-hydrogen) atoms. The molecule has 196 valence electrons. The third-order valence-corrected chi connectivity index (χ3v) is 7.59. The fraction of sp³-hybridized carbons (Fsp3) is 0.357. The molecule has 2 heterocycles. The van der Waals surface area contributed by atoms with Gasteiger partial charge in [-0.15, -0.1) is 0 Å². The normalized spacial score (nSPS) is 19.0. The van der Waals surface area contributed by atoms with Gasteiger partial charge in [0.05, 0.1) is 39.9 Å². The van der Waals surface area contributed by atoms with Crippen LogP contribution in [0.15, 0.2) is 71.1 Å². The number of nitrogens with one attached hydrogen (secondary N) is 1. The van der Waals surface area contributed by atoms with E-state index in [0.29, 0.717) is 24.1 Å². The Bertz CT molecular complexity index is 1220. The fourth-order valence-electron chi connectivity index (χ4n) is 4.92. The Labute approximate surface area is 226 Å². The minimum atomic E-state index is -1.00. The minimum Gasteiger partial charge on any atom is -0.466 e. The van der Waals surface area contributed by atoms with Crippen LogP contribution in [0, 0.1) is 0 Å². The standard InChI is InChI=1S/C28H29Cl2FN2O4/c1-17-23(28(35)37-19-11-13-33(14-12-19)16-18-7-4-3-5-8-18)24(20-9-6-10-21(29)26(20)30)25(27(34)36-2)22(15-31)32-17/h3-10,19,24,32H,11-16H2,1-2H3. The van der Waals surface area contributed by atoms with Gasteiger partial charge in [0.1, 0.15) is 12.8 Å². The van der Waals surface area contributed by atoms with Crippen molar-refractivity contribution in [1.29, 1.82) is 0 Å². The first-order valence-corrected chi connectivity index (χ1v) is 12.9. The lowest BCUT2D eigenvalue weighted by Crippen LogP contribution is -2.39. The van der Waals surface area contributed by atoms with Crippen molar-refractivity contribution in [1.82, 2.24) is 10.2 Å². The van der Waals surface area contributed by atoms with E-state index in [0.717, 1.165) is 19.6 Å². The van der Waals surface area contributed by atoms with Crippen LogP contribution < -0.4 is 5.32 Å². The summed E-state index contributed by atoms with van der Waals surface area (Å²) in [5, 5.41) is 3.29. The molecule has 2 aromatic carbocycles. The fourth-order valence-corrected chi connectivity index (χ4v) is 5.34. The Balaban J connectivity index is 1.57. The molecule has 1 unspecified atom stereocenters. The highest BCUT2D eigenvalue weighted by molar-refractivity contribution is 6.42. The lowest BCUT2D eigenvalue weighted by atomic mass is 9.80. The maximum Gasteiger partial charge on any atom is 0.337 e. The van der Waals surface area contributed by atoms with Crippen LogP contribution in [0.25, 0.3) is 0 Å². The summed E-state index contributed by atoms with van der Waals surface area (Å²) < 4.78 is 24.9.